The Bertz CT molecular complexity index is 853. The smallest absolute Gasteiger partial charge is 0.254 e. The Labute approximate surface area is 155 Å². The summed E-state index contributed by atoms with van der Waals surface area (Å²) in [5.41, 5.74) is 4.97. The summed E-state index contributed by atoms with van der Waals surface area (Å²) in [5, 5.41) is 0.981. The van der Waals surface area contributed by atoms with Crippen LogP contribution in [0.4, 0.5) is 0 Å². The molecule has 0 aliphatic carbocycles. The number of benzene rings is 1. The number of nitrogens with zero attached hydrogens (tertiary/aromatic N) is 2. The number of pyridine rings is 1. The van der Waals surface area contributed by atoms with Crippen LogP contribution in [0.5, 0.6) is 0 Å². The summed E-state index contributed by atoms with van der Waals surface area (Å²) in [6, 6.07) is 6.19. The molecule has 2 aliphatic rings. The lowest BCUT2D eigenvalue weighted by molar-refractivity contribution is -0.00691. The third-order valence-electron chi connectivity index (χ3n) is 5.98. The van der Waals surface area contributed by atoms with Gasteiger partial charge in [-0.3, -0.25) is 9.78 Å². The lowest BCUT2D eigenvalue weighted by Gasteiger charge is -2.27. The predicted octanol–water partition coefficient (Wildman–Crippen LogP) is 4.34. The van der Waals surface area contributed by atoms with Crippen molar-refractivity contribution >= 4 is 16.8 Å². The maximum atomic E-state index is 13.4. The van der Waals surface area contributed by atoms with Gasteiger partial charge in [-0.2, -0.15) is 0 Å². The van der Waals surface area contributed by atoms with Crippen LogP contribution < -0.4 is 0 Å². The van der Waals surface area contributed by atoms with Gasteiger partial charge in [0.2, 0.25) is 0 Å². The van der Waals surface area contributed by atoms with Gasteiger partial charge in [0.1, 0.15) is 0 Å². The van der Waals surface area contributed by atoms with E-state index in [9.17, 15) is 4.79 Å². The summed E-state index contributed by atoms with van der Waals surface area (Å²) in [7, 11) is 0. The van der Waals surface area contributed by atoms with Crippen LogP contribution in [-0.2, 0) is 4.74 Å². The Morgan fingerprint density at radius 1 is 1.08 bits per heavy atom. The van der Waals surface area contributed by atoms with E-state index in [0.717, 1.165) is 79.5 Å². The third-order valence-corrected chi connectivity index (χ3v) is 5.98. The molecule has 4 nitrogen and oxygen atoms in total. The van der Waals surface area contributed by atoms with Crippen molar-refractivity contribution in [1.29, 1.82) is 0 Å². The molecule has 1 aromatic heterocycles. The van der Waals surface area contributed by atoms with E-state index in [4.69, 9.17) is 9.72 Å². The Morgan fingerprint density at radius 3 is 2.65 bits per heavy atom. The maximum Gasteiger partial charge on any atom is 0.254 e. The number of rotatable bonds is 1. The molecule has 1 atom stereocenters. The second kappa shape index (κ2) is 6.66. The van der Waals surface area contributed by atoms with Gasteiger partial charge in [-0.1, -0.05) is 11.6 Å². The normalized spacial score (nSPS) is 23.6. The van der Waals surface area contributed by atoms with Gasteiger partial charge in [-0.25, -0.2) is 0 Å². The largest absolute Gasteiger partial charge is 0.375 e. The molecule has 2 aliphatic heterocycles. The van der Waals surface area contributed by atoms with Gasteiger partial charge in [0, 0.05) is 30.8 Å². The highest BCUT2D eigenvalue weighted by Crippen LogP contribution is 2.36. The highest BCUT2D eigenvalue weighted by atomic mass is 16.5. The number of amides is 1. The first-order chi connectivity index (χ1) is 12.5. The van der Waals surface area contributed by atoms with E-state index in [1.807, 2.05) is 17.9 Å². The highest BCUT2D eigenvalue weighted by Gasteiger charge is 2.37. The number of carbonyl (C=O) groups excluding carboxylic acids is 1. The van der Waals surface area contributed by atoms with Crippen LogP contribution in [0.1, 0.15) is 59.3 Å². The molecule has 1 unspecified atom stereocenters. The van der Waals surface area contributed by atoms with Crippen molar-refractivity contribution in [3.8, 4) is 0 Å². The minimum absolute atomic E-state index is 0.0262. The number of likely N-dealkylation sites (tertiary alicyclic amines) is 1. The van der Waals surface area contributed by atoms with Crippen LogP contribution in [0.25, 0.3) is 10.9 Å². The minimum atomic E-state index is 0.0262. The first-order valence-corrected chi connectivity index (χ1v) is 9.79. The van der Waals surface area contributed by atoms with Crippen molar-refractivity contribution in [3.05, 3.63) is 40.6 Å². The van der Waals surface area contributed by atoms with Gasteiger partial charge < -0.3 is 9.64 Å². The van der Waals surface area contributed by atoms with Gasteiger partial charge in [0.25, 0.3) is 5.91 Å². The Morgan fingerprint density at radius 2 is 1.88 bits per heavy atom. The van der Waals surface area contributed by atoms with Crippen molar-refractivity contribution in [1.82, 2.24) is 9.88 Å². The lowest BCUT2D eigenvalue weighted by Crippen LogP contribution is -2.34. The highest BCUT2D eigenvalue weighted by molar-refractivity contribution is 6.07. The van der Waals surface area contributed by atoms with E-state index in [0.29, 0.717) is 0 Å². The molecule has 1 amide bonds. The third kappa shape index (κ3) is 3.11. The number of ether oxygens (including phenoxy) is 1. The zero-order valence-corrected chi connectivity index (χ0v) is 16.1. The number of aryl methyl sites for hydroxylation is 3. The number of carbonyl (C=O) groups is 1. The van der Waals surface area contributed by atoms with Gasteiger partial charge in [0.05, 0.1) is 16.7 Å². The fourth-order valence-corrected chi connectivity index (χ4v) is 4.68. The van der Waals surface area contributed by atoms with E-state index in [-0.39, 0.29) is 11.5 Å². The molecular weight excluding hydrogens is 324 g/mol. The van der Waals surface area contributed by atoms with Crippen LogP contribution >= 0.6 is 0 Å². The minimum Gasteiger partial charge on any atom is -0.375 e. The van der Waals surface area contributed by atoms with E-state index < -0.39 is 0 Å². The summed E-state index contributed by atoms with van der Waals surface area (Å²) < 4.78 is 6.07. The van der Waals surface area contributed by atoms with Gasteiger partial charge in [0.15, 0.2) is 0 Å². The Kier molecular flexibility index (Phi) is 4.47. The molecule has 0 bridgehead atoms. The fraction of sp³-hybridized carbons (Fsp3) is 0.545. The Balaban J connectivity index is 1.68. The average Bonchev–Trinajstić information content (AvgIpc) is 2.95. The first-order valence-electron chi connectivity index (χ1n) is 9.79. The summed E-state index contributed by atoms with van der Waals surface area (Å²) in [5.74, 6) is 0.139. The van der Waals surface area contributed by atoms with Crippen LogP contribution in [0.15, 0.2) is 18.2 Å². The van der Waals surface area contributed by atoms with Gasteiger partial charge >= 0.3 is 0 Å². The fourth-order valence-electron chi connectivity index (χ4n) is 4.68. The molecule has 4 rings (SSSR count). The number of aromatic nitrogens is 1. The molecule has 26 heavy (non-hydrogen) atoms. The average molecular weight is 352 g/mol. The van der Waals surface area contributed by atoms with E-state index in [1.165, 1.54) is 5.56 Å². The monoisotopic (exact) mass is 352 g/mol. The molecule has 2 aromatic rings. The number of hydrogen-bond acceptors (Lipinski definition) is 3. The summed E-state index contributed by atoms with van der Waals surface area (Å²) in [6.07, 6.45) is 5.35. The van der Waals surface area contributed by atoms with Crippen LogP contribution in [0.3, 0.4) is 0 Å². The summed E-state index contributed by atoms with van der Waals surface area (Å²) >= 11 is 0. The topological polar surface area (TPSA) is 42.4 Å². The molecule has 2 fully saturated rings. The van der Waals surface area contributed by atoms with Crippen LogP contribution in [0.2, 0.25) is 0 Å². The standard InChI is InChI=1S/C22H28N2O2/c1-15-12-16(2)20-18(13-15)19(14-17(3)23-20)21(25)24-9-4-6-22(8-10-24)7-5-11-26-22/h12-14H,4-11H2,1-3H3. The molecule has 0 N–H and O–H groups in total. The van der Waals surface area contributed by atoms with Crippen LogP contribution in [0, 0.1) is 20.8 Å². The van der Waals surface area contributed by atoms with Crippen molar-refractivity contribution in [2.75, 3.05) is 19.7 Å². The van der Waals surface area contributed by atoms with E-state index in [1.54, 1.807) is 0 Å². The second-order valence-corrected chi connectivity index (χ2v) is 8.07. The maximum absolute atomic E-state index is 13.4. The molecule has 138 valence electrons. The van der Waals surface area contributed by atoms with E-state index in [2.05, 4.69) is 26.0 Å². The molecule has 0 radical (unpaired) electrons. The molecule has 2 saturated heterocycles. The molecular formula is C22H28N2O2. The first kappa shape index (κ1) is 17.5. The molecule has 0 saturated carbocycles. The SMILES string of the molecule is Cc1cc(C)c2nc(C)cc(C(=O)N3CCCC4(CCCO4)CC3)c2c1. The van der Waals surface area contributed by atoms with Crippen molar-refractivity contribution < 1.29 is 9.53 Å². The summed E-state index contributed by atoms with van der Waals surface area (Å²) in [6.45, 7) is 8.60. The van der Waals surface area contributed by atoms with Crippen LogP contribution in [-0.4, -0.2) is 41.1 Å². The molecule has 1 spiro atoms. The zero-order chi connectivity index (χ0) is 18.3. The second-order valence-electron chi connectivity index (χ2n) is 8.07. The Hall–Kier alpha value is -1.94. The van der Waals surface area contributed by atoms with Gasteiger partial charge in [-0.05, 0) is 70.6 Å². The van der Waals surface area contributed by atoms with Crippen molar-refractivity contribution in [3.63, 3.8) is 0 Å². The zero-order valence-electron chi connectivity index (χ0n) is 16.1. The molecule has 1 aromatic carbocycles. The molecule has 4 heteroatoms. The summed E-state index contributed by atoms with van der Waals surface area (Å²) in [4.78, 5) is 20.1. The predicted molar refractivity (Wildman–Crippen MR) is 104 cm³/mol. The lowest BCUT2D eigenvalue weighted by atomic mass is 9.92. The molecule has 3 heterocycles. The van der Waals surface area contributed by atoms with Crippen molar-refractivity contribution in [2.45, 2.75) is 58.5 Å². The van der Waals surface area contributed by atoms with E-state index >= 15 is 0 Å². The van der Waals surface area contributed by atoms with Crippen molar-refractivity contribution in [2.24, 2.45) is 0 Å². The quantitative estimate of drug-likeness (QED) is 0.767. The number of fused-ring (bicyclic) bond motifs is 1. The van der Waals surface area contributed by atoms with Gasteiger partial charge in [-0.15, -0.1) is 0 Å². The number of hydrogen-bond donors (Lipinski definition) is 0.